The standard InChI is InChI=1S/C9H7.C7H8N.C6H10.2CH3.H4Si.Ti/c1-2-5-9-7-3-6-8(9)4-1;8-6-7-4-2-1-3-5-7;1-4-6(3)5-2;;;;/h1-7H;1-5,8H,6H2;4-5H,1H2,2-3H3;2*1H3;1H4;/q;-1;;;;;+1. The number of benzene rings is 2. The first kappa shape index (κ1) is 23.6. The fourth-order valence-electron chi connectivity index (χ4n) is 3.03. The van der Waals surface area contributed by atoms with E-state index in [-0.39, 0.29) is 11.0 Å². The third-order valence-corrected chi connectivity index (χ3v) is 9.86. The average molecular weight is 414 g/mol. The van der Waals surface area contributed by atoms with E-state index in [1.807, 2.05) is 26.0 Å². The minimum atomic E-state index is -2.09. The molecule has 0 spiro atoms. The second-order valence-electron chi connectivity index (χ2n) is 7.26. The van der Waals surface area contributed by atoms with Crippen LogP contribution in [0.15, 0.2) is 85.0 Å². The summed E-state index contributed by atoms with van der Waals surface area (Å²) < 4.78 is 4.51. The Morgan fingerprint density at radius 3 is 2.30 bits per heavy atom. The van der Waals surface area contributed by atoms with Gasteiger partial charge in [-0.3, -0.25) is 0 Å². The van der Waals surface area contributed by atoms with E-state index in [9.17, 15) is 0 Å². The Balaban J connectivity index is 0.000000456. The van der Waals surface area contributed by atoms with Gasteiger partial charge in [0.15, 0.2) is 0 Å². The smallest absolute Gasteiger partial charge is 0.0149 e. The van der Waals surface area contributed by atoms with Crippen molar-refractivity contribution < 1.29 is 16.8 Å². The molecule has 0 aliphatic heterocycles. The molecule has 3 heteroatoms. The summed E-state index contributed by atoms with van der Waals surface area (Å²) in [6.07, 6.45) is 8.55. The van der Waals surface area contributed by atoms with Crippen molar-refractivity contribution in [3.8, 4) is 0 Å². The Kier molecular flexibility index (Phi) is 9.97. The minimum Gasteiger partial charge on any atom is -0.0149 e. The molecule has 1 aliphatic rings. The van der Waals surface area contributed by atoms with Crippen LogP contribution in [0, 0.1) is 0 Å². The van der Waals surface area contributed by atoms with Gasteiger partial charge in [-0.1, -0.05) is 24.3 Å². The zero-order chi connectivity index (χ0) is 19.0. The molecule has 2 aromatic carbocycles. The van der Waals surface area contributed by atoms with Crippen LogP contribution in [-0.4, -0.2) is 11.0 Å². The van der Waals surface area contributed by atoms with Crippen LogP contribution in [-0.2, 0) is 23.4 Å². The van der Waals surface area contributed by atoms with E-state index < -0.39 is 16.8 Å². The molecule has 0 amide bonds. The molecule has 1 atom stereocenters. The summed E-state index contributed by atoms with van der Waals surface area (Å²) in [4.78, 5) is 0. The molecular weight excluding hydrogens is 378 g/mol. The van der Waals surface area contributed by atoms with Gasteiger partial charge in [0.05, 0.1) is 0 Å². The van der Waals surface area contributed by atoms with E-state index in [1.54, 1.807) is 0 Å². The summed E-state index contributed by atoms with van der Waals surface area (Å²) in [6.45, 7) is 8.57. The summed E-state index contributed by atoms with van der Waals surface area (Å²) in [5, 5.41) is 4.94. The normalized spacial score (nSPS) is 15.3. The van der Waals surface area contributed by atoms with Gasteiger partial charge in [-0.2, -0.15) is 0 Å². The molecule has 3 rings (SSSR count). The van der Waals surface area contributed by atoms with Crippen LogP contribution in [0.2, 0.25) is 10.5 Å². The van der Waals surface area contributed by atoms with Gasteiger partial charge >= 0.3 is 125 Å². The third-order valence-electron chi connectivity index (χ3n) is 4.95. The maximum absolute atomic E-state index is 3.89. The fourth-order valence-corrected chi connectivity index (χ4v) is 6.93. The van der Waals surface area contributed by atoms with Gasteiger partial charge in [0.2, 0.25) is 0 Å². The van der Waals surface area contributed by atoms with Crippen LogP contribution >= 0.6 is 0 Å². The van der Waals surface area contributed by atoms with Crippen molar-refractivity contribution in [2.45, 2.75) is 35.1 Å². The number of allylic oxidation sites excluding steroid dienone is 4. The molecule has 0 heterocycles. The second-order valence-corrected chi connectivity index (χ2v) is 14.2. The van der Waals surface area contributed by atoms with Crippen molar-refractivity contribution in [3.63, 3.8) is 0 Å². The first-order valence-corrected chi connectivity index (χ1v) is 14.1. The van der Waals surface area contributed by atoms with Crippen molar-refractivity contribution in [1.82, 2.24) is 3.80 Å². The molecule has 27 heavy (non-hydrogen) atoms. The molecule has 0 bridgehead atoms. The van der Waals surface area contributed by atoms with Gasteiger partial charge in [0, 0.05) is 0 Å². The Bertz CT molecular complexity index is 778. The topological polar surface area (TPSA) is 12.0 Å². The van der Waals surface area contributed by atoms with Crippen molar-refractivity contribution in [2.75, 3.05) is 0 Å². The van der Waals surface area contributed by atoms with Gasteiger partial charge in [-0.15, -0.1) is 0 Å². The molecular formula is C24H35NSiTi. The molecule has 1 N–H and O–H groups in total. The molecule has 0 saturated carbocycles. The van der Waals surface area contributed by atoms with Gasteiger partial charge in [0.1, 0.15) is 0 Å². The first-order valence-electron chi connectivity index (χ1n) is 9.29. The Labute approximate surface area is 174 Å². The van der Waals surface area contributed by atoms with Gasteiger partial charge in [0.25, 0.3) is 0 Å². The van der Waals surface area contributed by atoms with E-state index in [1.165, 1.54) is 22.3 Å². The third kappa shape index (κ3) is 6.90. The van der Waals surface area contributed by atoms with Crippen LogP contribution < -0.4 is 3.80 Å². The van der Waals surface area contributed by atoms with E-state index in [4.69, 9.17) is 0 Å². The fraction of sp³-hybridized carbons (Fsp3) is 0.250. The van der Waals surface area contributed by atoms with E-state index in [0.29, 0.717) is 4.22 Å². The van der Waals surface area contributed by atoms with Crippen LogP contribution in [0.5, 0.6) is 0 Å². The molecule has 1 unspecified atom stereocenters. The average Bonchev–Trinajstić information content (AvgIpc) is 3.12. The summed E-state index contributed by atoms with van der Waals surface area (Å²) in [5.41, 5.74) is 5.52. The minimum absolute atomic E-state index is 0. The molecule has 0 saturated heterocycles. The predicted molar refractivity (Wildman–Crippen MR) is 124 cm³/mol. The number of hydrogen-bond donors (Lipinski definition) is 1. The first-order chi connectivity index (χ1) is 12.5. The SMILES string of the molecule is C=CC(C)=CC.[CH3][Ti]([CH3])([NH]Cc1ccccc1)[CH]1C=Cc2ccccc21.[SiH4]. The number of hydrogen-bond acceptors (Lipinski definition) is 1. The number of rotatable bonds is 5. The number of nitrogens with one attached hydrogen (secondary N) is 1. The van der Waals surface area contributed by atoms with Crippen LogP contribution in [0.25, 0.3) is 6.08 Å². The van der Waals surface area contributed by atoms with Crippen LogP contribution in [0.3, 0.4) is 0 Å². The molecule has 1 aliphatic carbocycles. The maximum Gasteiger partial charge on any atom is -0.0149 e. The Morgan fingerprint density at radius 2 is 1.70 bits per heavy atom. The molecule has 0 aromatic heterocycles. The van der Waals surface area contributed by atoms with Gasteiger partial charge < -0.3 is 0 Å². The largest absolute Gasteiger partial charge is 0.0149 e. The predicted octanol–water partition coefficient (Wildman–Crippen LogP) is 5.40. The van der Waals surface area contributed by atoms with Crippen molar-refractivity contribution in [2.24, 2.45) is 0 Å². The zero-order valence-corrected chi connectivity index (χ0v) is 18.1. The quantitative estimate of drug-likeness (QED) is 0.511. The summed E-state index contributed by atoms with van der Waals surface area (Å²) in [6, 6.07) is 19.5. The summed E-state index contributed by atoms with van der Waals surface area (Å²) >= 11 is -2.09. The van der Waals surface area contributed by atoms with Gasteiger partial charge in [-0.25, -0.2) is 0 Å². The van der Waals surface area contributed by atoms with E-state index >= 15 is 0 Å². The zero-order valence-electron chi connectivity index (χ0n) is 16.5. The van der Waals surface area contributed by atoms with E-state index in [0.717, 1.165) is 6.54 Å². The van der Waals surface area contributed by atoms with Crippen molar-refractivity contribution in [1.29, 1.82) is 0 Å². The molecule has 0 radical (unpaired) electrons. The summed E-state index contributed by atoms with van der Waals surface area (Å²) in [7, 11) is 0. The maximum atomic E-state index is 3.89. The van der Waals surface area contributed by atoms with Crippen molar-refractivity contribution in [3.05, 3.63) is 102 Å². The second kappa shape index (κ2) is 11.4. The number of fused-ring (bicyclic) bond motifs is 1. The van der Waals surface area contributed by atoms with Gasteiger partial charge in [-0.05, 0) is 24.8 Å². The van der Waals surface area contributed by atoms with Crippen molar-refractivity contribution >= 4 is 17.0 Å². The summed E-state index contributed by atoms with van der Waals surface area (Å²) in [5.74, 6) is 0. The van der Waals surface area contributed by atoms with E-state index in [2.05, 4.69) is 87.6 Å². The molecule has 144 valence electrons. The Morgan fingerprint density at radius 1 is 1.07 bits per heavy atom. The van der Waals surface area contributed by atoms with Crippen LogP contribution in [0.4, 0.5) is 0 Å². The Hall–Kier alpha value is -1.45. The van der Waals surface area contributed by atoms with Crippen LogP contribution in [0.1, 0.15) is 34.8 Å². The molecule has 1 nitrogen and oxygen atoms in total. The molecule has 2 aromatic rings. The monoisotopic (exact) mass is 413 g/mol. The molecule has 0 fully saturated rings.